The monoisotopic (exact) mass is 404 g/mol. The number of anilines is 1. The fourth-order valence-electron chi connectivity index (χ4n) is 2.41. The fraction of sp³-hybridized carbons (Fsp3) is 0.235. The number of halogens is 1. The van der Waals surface area contributed by atoms with Crippen LogP contribution in [-0.2, 0) is 4.79 Å². The maximum Gasteiger partial charge on any atom is 0.286 e. The molecule has 25 heavy (non-hydrogen) atoms. The van der Waals surface area contributed by atoms with Crippen molar-refractivity contribution in [2.45, 2.75) is 13.3 Å². The summed E-state index contributed by atoms with van der Waals surface area (Å²) >= 11 is 3.23. The number of nitrogens with one attached hydrogen (secondary N) is 4. The first-order valence-corrected chi connectivity index (χ1v) is 8.59. The molecule has 1 aliphatic carbocycles. The lowest BCUT2D eigenvalue weighted by molar-refractivity contribution is -0.117. The van der Waals surface area contributed by atoms with E-state index in [0.717, 1.165) is 10.9 Å². The van der Waals surface area contributed by atoms with Gasteiger partial charge in [0.2, 0.25) is 5.91 Å². The third-order valence-electron chi connectivity index (χ3n) is 4.02. The average molecular weight is 405 g/mol. The summed E-state index contributed by atoms with van der Waals surface area (Å²) in [4.78, 5) is 38.8. The molecule has 0 spiro atoms. The molecule has 0 saturated heterocycles. The van der Waals surface area contributed by atoms with Crippen LogP contribution in [-0.4, -0.2) is 22.7 Å². The zero-order chi connectivity index (χ0) is 18.0. The molecule has 3 amide bonds. The zero-order valence-electron chi connectivity index (χ0n) is 13.4. The van der Waals surface area contributed by atoms with Gasteiger partial charge in [-0.25, -0.2) is 0 Å². The molecule has 4 N–H and O–H groups in total. The SMILES string of the molecule is CC1CC1C(=O)Nc1cccc(C(=O)NNC(=O)c2cc(Br)c[nH]2)c1. The third kappa shape index (κ3) is 4.27. The van der Waals surface area contributed by atoms with Gasteiger partial charge in [-0.1, -0.05) is 13.0 Å². The molecule has 1 aromatic carbocycles. The van der Waals surface area contributed by atoms with Crippen LogP contribution >= 0.6 is 15.9 Å². The number of carbonyl (C=O) groups excluding carboxylic acids is 3. The summed E-state index contributed by atoms with van der Waals surface area (Å²) in [7, 11) is 0. The van der Waals surface area contributed by atoms with E-state index in [0.29, 0.717) is 22.9 Å². The molecule has 2 aromatic rings. The van der Waals surface area contributed by atoms with Gasteiger partial charge in [0.05, 0.1) is 0 Å². The van der Waals surface area contributed by atoms with Crippen molar-refractivity contribution in [1.82, 2.24) is 15.8 Å². The summed E-state index contributed by atoms with van der Waals surface area (Å²) in [5.74, 6) is -0.511. The lowest BCUT2D eigenvalue weighted by Gasteiger charge is -2.09. The second-order valence-corrected chi connectivity index (χ2v) is 6.95. The lowest BCUT2D eigenvalue weighted by Crippen LogP contribution is -2.41. The normalized spacial score (nSPS) is 18.3. The van der Waals surface area contributed by atoms with Crippen LogP contribution in [0.25, 0.3) is 0 Å². The highest BCUT2D eigenvalue weighted by Crippen LogP contribution is 2.38. The number of hydrazine groups is 1. The van der Waals surface area contributed by atoms with Crippen molar-refractivity contribution >= 4 is 39.3 Å². The van der Waals surface area contributed by atoms with Crippen LogP contribution in [0.1, 0.15) is 34.2 Å². The summed E-state index contributed by atoms with van der Waals surface area (Å²) < 4.78 is 0.734. The van der Waals surface area contributed by atoms with Crippen molar-refractivity contribution in [2.24, 2.45) is 11.8 Å². The summed E-state index contributed by atoms with van der Waals surface area (Å²) in [5.41, 5.74) is 5.86. The van der Waals surface area contributed by atoms with Gasteiger partial charge in [-0.2, -0.15) is 0 Å². The molecular formula is C17H17BrN4O3. The van der Waals surface area contributed by atoms with Crippen LogP contribution in [0.2, 0.25) is 0 Å². The number of rotatable bonds is 4. The Balaban J connectivity index is 1.57. The number of amides is 3. The van der Waals surface area contributed by atoms with Crippen LogP contribution in [0.3, 0.4) is 0 Å². The average Bonchev–Trinajstić information content (AvgIpc) is 3.17. The van der Waals surface area contributed by atoms with E-state index in [2.05, 4.69) is 37.1 Å². The first-order chi connectivity index (χ1) is 11.9. The van der Waals surface area contributed by atoms with E-state index < -0.39 is 11.8 Å². The molecule has 1 saturated carbocycles. The lowest BCUT2D eigenvalue weighted by atomic mass is 10.2. The molecule has 2 unspecified atom stereocenters. The van der Waals surface area contributed by atoms with Gasteiger partial charge in [0.25, 0.3) is 11.8 Å². The van der Waals surface area contributed by atoms with Gasteiger partial charge in [0.1, 0.15) is 5.69 Å². The van der Waals surface area contributed by atoms with Crippen molar-refractivity contribution in [1.29, 1.82) is 0 Å². The van der Waals surface area contributed by atoms with Gasteiger partial charge in [0.15, 0.2) is 0 Å². The van der Waals surface area contributed by atoms with Gasteiger partial charge in [-0.15, -0.1) is 0 Å². The Morgan fingerprint density at radius 1 is 1.16 bits per heavy atom. The number of hydrogen-bond acceptors (Lipinski definition) is 3. The molecule has 1 heterocycles. The summed E-state index contributed by atoms with van der Waals surface area (Å²) in [6.45, 7) is 2.03. The molecule has 7 nitrogen and oxygen atoms in total. The van der Waals surface area contributed by atoms with Crippen molar-refractivity contribution in [3.8, 4) is 0 Å². The molecule has 0 radical (unpaired) electrons. The second-order valence-electron chi connectivity index (χ2n) is 6.03. The number of hydrogen-bond donors (Lipinski definition) is 4. The van der Waals surface area contributed by atoms with Crippen molar-refractivity contribution in [3.05, 3.63) is 52.3 Å². The minimum atomic E-state index is -0.477. The molecule has 1 aliphatic rings. The number of aromatic amines is 1. The van der Waals surface area contributed by atoms with E-state index in [4.69, 9.17) is 0 Å². The first kappa shape index (κ1) is 17.2. The number of benzene rings is 1. The van der Waals surface area contributed by atoms with E-state index in [1.807, 2.05) is 6.92 Å². The smallest absolute Gasteiger partial charge is 0.286 e. The van der Waals surface area contributed by atoms with Gasteiger partial charge >= 0.3 is 0 Å². The highest BCUT2D eigenvalue weighted by molar-refractivity contribution is 9.10. The highest BCUT2D eigenvalue weighted by Gasteiger charge is 2.39. The number of carbonyl (C=O) groups is 3. The number of H-pyrrole nitrogens is 1. The van der Waals surface area contributed by atoms with Gasteiger partial charge in [-0.3, -0.25) is 25.2 Å². The Kier molecular flexibility index (Phi) is 4.89. The number of aromatic nitrogens is 1. The van der Waals surface area contributed by atoms with Crippen molar-refractivity contribution < 1.29 is 14.4 Å². The molecule has 2 atom stereocenters. The van der Waals surface area contributed by atoms with Crippen molar-refractivity contribution in [2.75, 3.05) is 5.32 Å². The second kappa shape index (κ2) is 7.10. The van der Waals surface area contributed by atoms with Crippen LogP contribution < -0.4 is 16.2 Å². The Bertz CT molecular complexity index is 833. The van der Waals surface area contributed by atoms with E-state index in [1.54, 1.807) is 36.5 Å². The minimum Gasteiger partial charge on any atom is -0.356 e. The van der Waals surface area contributed by atoms with Crippen LogP contribution in [0.15, 0.2) is 41.0 Å². The summed E-state index contributed by atoms with van der Waals surface area (Å²) in [6, 6.07) is 8.15. The Morgan fingerprint density at radius 3 is 2.52 bits per heavy atom. The first-order valence-electron chi connectivity index (χ1n) is 7.79. The topological polar surface area (TPSA) is 103 Å². The van der Waals surface area contributed by atoms with Crippen LogP contribution in [0.4, 0.5) is 5.69 Å². The predicted molar refractivity (Wildman–Crippen MR) is 95.8 cm³/mol. The van der Waals surface area contributed by atoms with E-state index >= 15 is 0 Å². The Hall–Kier alpha value is -2.61. The molecule has 0 aliphatic heterocycles. The molecule has 1 aromatic heterocycles. The quantitative estimate of drug-likeness (QED) is 0.588. The molecule has 3 rings (SSSR count). The van der Waals surface area contributed by atoms with E-state index in [9.17, 15) is 14.4 Å². The zero-order valence-corrected chi connectivity index (χ0v) is 15.0. The molecule has 1 fully saturated rings. The predicted octanol–water partition coefficient (Wildman–Crippen LogP) is 2.45. The summed E-state index contributed by atoms with van der Waals surface area (Å²) in [5, 5.41) is 2.81. The molecule has 130 valence electrons. The van der Waals surface area contributed by atoms with E-state index in [1.165, 1.54) is 0 Å². The van der Waals surface area contributed by atoms with E-state index in [-0.39, 0.29) is 11.8 Å². The molecule has 8 heteroatoms. The van der Waals surface area contributed by atoms with Gasteiger partial charge in [0, 0.05) is 27.8 Å². The minimum absolute atomic E-state index is 0.0318. The largest absolute Gasteiger partial charge is 0.356 e. The van der Waals surface area contributed by atoms with Gasteiger partial charge < -0.3 is 10.3 Å². The van der Waals surface area contributed by atoms with Gasteiger partial charge in [-0.05, 0) is 52.5 Å². The highest BCUT2D eigenvalue weighted by atomic mass is 79.9. The van der Waals surface area contributed by atoms with Crippen molar-refractivity contribution in [3.63, 3.8) is 0 Å². The third-order valence-corrected chi connectivity index (χ3v) is 4.48. The Labute approximate surface area is 152 Å². The summed E-state index contributed by atoms with van der Waals surface area (Å²) in [6.07, 6.45) is 2.51. The maximum atomic E-state index is 12.2. The maximum absolute atomic E-state index is 12.2. The fourth-order valence-corrected chi connectivity index (χ4v) is 2.76. The van der Waals surface area contributed by atoms with Crippen LogP contribution in [0.5, 0.6) is 0 Å². The Morgan fingerprint density at radius 2 is 1.88 bits per heavy atom. The molecular weight excluding hydrogens is 388 g/mol. The standard InChI is InChI=1S/C17H17BrN4O3/c1-9-5-13(9)16(24)20-12-4-2-3-10(6-12)15(23)21-22-17(25)14-7-11(18)8-19-14/h2-4,6-9,13,19H,5H2,1H3,(H,20,24)(H,21,23)(H,22,25). The van der Waals surface area contributed by atoms with Crippen LogP contribution in [0, 0.1) is 11.8 Å². The molecule has 0 bridgehead atoms.